The number of hydrogen-bond acceptors (Lipinski definition) is 5. The molecule has 1 saturated heterocycles. The lowest BCUT2D eigenvalue weighted by Crippen LogP contribution is -2.36. The monoisotopic (exact) mass is 399 g/mol. The zero-order valence-electron chi connectivity index (χ0n) is 14.0. The maximum Gasteiger partial charge on any atom is 0.416 e. The van der Waals surface area contributed by atoms with Gasteiger partial charge in [-0.3, -0.25) is 4.79 Å². The number of benzene rings is 1. The van der Waals surface area contributed by atoms with Crippen LogP contribution in [0.5, 0.6) is 0 Å². The Labute approximate surface area is 153 Å². The maximum atomic E-state index is 12.8. The van der Waals surface area contributed by atoms with Crippen molar-refractivity contribution in [1.29, 1.82) is 0 Å². The van der Waals surface area contributed by atoms with Gasteiger partial charge in [0, 0.05) is 17.9 Å². The second-order valence-corrected chi connectivity index (χ2v) is 8.41. The molecule has 2 N–H and O–H groups in total. The van der Waals surface area contributed by atoms with Crippen molar-refractivity contribution in [3.05, 3.63) is 53.7 Å². The SMILES string of the molecule is O=C(N[C@@H]1CCS(=O)(=O)C1)c1cccnc1Nc1cccc(C(F)(F)F)c1. The number of aromatic nitrogens is 1. The quantitative estimate of drug-likeness (QED) is 0.826. The van der Waals surface area contributed by atoms with Crippen molar-refractivity contribution < 1.29 is 26.4 Å². The van der Waals surface area contributed by atoms with Gasteiger partial charge in [-0.25, -0.2) is 13.4 Å². The van der Waals surface area contributed by atoms with E-state index in [1.165, 1.54) is 30.5 Å². The summed E-state index contributed by atoms with van der Waals surface area (Å²) in [6, 6.07) is 7.01. The number of sulfone groups is 1. The van der Waals surface area contributed by atoms with Crippen LogP contribution in [0.15, 0.2) is 42.6 Å². The van der Waals surface area contributed by atoms with E-state index in [1.807, 2.05) is 0 Å². The third-order valence-corrected chi connectivity index (χ3v) is 5.84. The Balaban J connectivity index is 1.79. The van der Waals surface area contributed by atoms with E-state index in [0.29, 0.717) is 6.42 Å². The Morgan fingerprint density at radius 3 is 2.63 bits per heavy atom. The Morgan fingerprint density at radius 2 is 1.96 bits per heavy atom. The van der Waals surface area contributed by atoms with Crippen LogP contribution in [0.2, 0.25) is 0 Å². The molecule has 2 heterocycles. The summed E-state index contributed by atoms with van der Waals surface area (Å²) in [5.74, 6) is -0.578. The van der Waals surface area contributed by atoms with Crippen molar-refractivity contribution in [1.82, 2.24) is 10.3 Å². The van der Waals surface area contributed by atoms with Gasteiger partial charge in [-0.1, -0.05) is 6.07 Å². The van der Waals surface area contributed by atoms with Crippen LogP contribution < -0.4 is 10.6 Å². The lowest BCUT2D eigenvalue weighted by atomic mass is 10.1. The number of anilines is 2. The molecule has 0 unspecified atom stereocenters. The first-order valence-electron chi connectivity index (χ1n) is 8.05. The van der Waals surface area contributed by atoms with Crippen molar-refractivity contribution in [2.45, 2.75) is 18.6 Å². The van der Waals surface area contributed by atoms with Crippen molar-refractivity contribution in [3.8, 4) is 0 Å². The predicted octanol–water partition coefficient (Wildman–Crippen LogP) is 2.76. The van der Waals surface area contributed by atoms with Gasteiger partial charge in [0.1, 0.15) is 5.82 Å². The van der Waals surface area contributed by atoms with Crippen molar-refractivity contribution >= 4 is 27.2 Å². The molecule has 1 aliphatic rings. The highest BCUT2D eigenvalue weighted by atomic mass is 32.2. The highest BCUT2D eigenvalue weighted by Gasteiger charge is 2.31. The molecular formula is C17H16F3N3O3S. The van der Waals surface area contributed by atoms with E-state index in [4.69, 9.17) is 0 Å². The fourth-order valence-corrected chi connectivity index (χ4v) is 4.44. The molecule has 0 radical (unpaired) electrons. The van der Waals surface area contributed by atoms with E-state index in [-0.39, 0.29) is 28.6 Å². The van der Waals surface area contributed by atoms with E-state index in [0.717, 1.165) is 12.1 Å². The number of carbonyl (C=O) groups is 1. The normalized spacial score (nSPS) is 18.9. The largest absolute Gasteiger partial charge is 0.416 e. The van der Waals surface area contributed by atoms with Crippen LogP contribution in [0.1, 0.15) is 22.3 Å². The van der Waals surface area contributed by atoms with Crippen molar-refractivity contribution in [2.75, 3.05) is 16.8 Å². The number of alkyl halides is 3. The van der Waals surface area contributed by atoms with Gasteiger partial charge in [0.05, 0.1) is 22.6 Å². The molecule has 1 atom stereocenters. The third-order valence-electron chi connectivity index (χ3n) is 4.07. The lowest BCUT2D eigenvalue weighted by Gasteiger charge is -2.15. The molecule has 0 spiro atoms. The van der Waals surface area contributed by atoms with Crippen LogP contribution in [0.3, 0.4) is 0 Å². The van der Waals surface area contributed by atoms with E-state index in [2.05, 4.69) is 15.6 Å². The number of hydrogen-bond donors (Lipinski definition) is 2. The lowest BCUT2D eigenvalue weighted by molar-refractivity contribution is -0.137. The van der Waals surface area contributed by atoms with Gasteiger partial charge in [0.2, 0.25) is 0 Å². The molecule has 3 rings (SSSR count). The van der Waals surface area contributed by atoms with Crippen LogP contribution in [0, 0.1) is 0 Å². The summed E-state index contributed by atoms with van der Waals surface area (Å²) in [7, 11) is -3.15. The molecule has 0 saturated carbocycles. The maximum absolute atomic E-state index is 12.8. The Kier molecular flexibility index (Phi) is 5.09. The van der Waals surface area contributed by atoms with Gasteiger partial charge in [0.15, 0.2) is 9.84 Å². The highest BCUT2D eigenvalue weighted by Crippen LogP contribution is 2.31. The summed E-state index contributed by atoms with van der Waals surface area (Å²) < 4.78 is 61.6. The number of amides is 1. The molecule has 10 heteroatoms. The summed E-state index contributed by atoms with van der Waals surface area (Å²) in [4.78, 5) is 16.5. The Bertz CT molecular complexity index is 961. The summed E-state index contributed by atoms with van der Waals surface area (Å²) >= 11 is 0. The fourth-order valence-electron chi connectivity index (χ4n) is 2.77. The minimum Gasteiger partial charge on any atom is -0.348 e. The molecule has 1 aliphatic heterocycles. The molecule has 144 valence electrons. The number of carbonyl (C=O) groups excluding carboxylic acids is 1. The molecule has 1 amide bonds. The zero-order chi connectivity index (χ0) is 19.7. The number of halogens is 3. The van der Waals surface area contributed by atoms with E-state index >= 15 is 0 Å². The summed E-state index contributed by atoms with van der Waals surface area (Å²) in [5.41, 5.74) is -0.592. The first-order valence-corrected chi connectivity index (χ1v) is 9.87. The second kappa shape index (κ2) is 7.18. The Morgan fingerprint density at radius 1 is 1.19 bits per heavy atom. The molecule has 6 nitrogen and oxygen atoms in total. The number of nitrogens with zero attached hydrogens (tertiary/aromatic N) is 1. The minimum atomic E-state index is -4.49. The molecule has 0 bridgehead atoms. The first kappa shape index (κ1) is 19.2. The number of nitrogens with one attached hydrogen (secondary N) is 2. The third kappa shape index (κ3) is 4.76. The van der Waals surface area contributed by atoms with E-state index < -0.39 is 33.5 Å². The highest BCUT2D eigenvalue weighted by molar-refractivity contribution is 7.91. The molecule has 2 aromatic rings. The molecule has 1 aromatic carbocycles. The van der Waals surface area contributed by atoms with Gasteiger partial charge in [-0.2, -0.15) is 13.2 Å². The van der Waals surface area contributed by atoms with E-state index in [9.17, 15) is 26.4 Å². The summed E-state index contributed by atoms with van der Waals surface area (Å²) in [6.07, 6.45) is -2.77. The van der Waals surface area contributed by atoms with Crippen molar-refractivity contribution in [2.24, 2.45) is 0 Å². The zero-order valence-corrected chi connectivity index (χ0v) is 14.8. The number of rotatable bonds is 4. The fraction of sp³-hybridized carbons (Fsp3) is 0.294. The van der Waals surface area contributed by atoms with Crippen LogP contribution in [0.25, 0.3) is 0 Å². The van der Waals surface area contributed by atoms with Gasteiger partial charge in [-0.05, 0) is 36.8 Å². The standard InChI is InChI=1S/C17H16F3N3O3S/c18-17(19,20)11-3-1-4-12(9-11)22-15-14(5-2-7-21-15)16(24)23-13-6-8-27(25,26)10-13/h1-5,7,9,13H,6,8,10H2,(H,21,22)(H,23,24)/t13-/m1/s1. The Hall–Kier alpha value is -2.62. The van der Waals surface area contributed by atoms with Crippen LogP contribution >= 0.6 is 0 Å². The van der Waals surface area contributed by atoms with Crippen LogP contribution in [-0.2, 0) is 16.0 Å². The van der Waals surface area contributed by atoms with Crippen molar-refractivity contribution in [3.63, 3.8) is 0 Å². The smallest absolute Gasteiger partial charge is 0.348 e. The topological polar surface area (TPSA) is 88.2 Å². The predicted molar refractivity (Wildman–Crippen MR) is 93.5 cm³/mol. The molecule has 27 heavy (non-hydrogen) atoms. The molecular weight excluding hydrogens is 383 g/mol. The first-order chi connectivity index (χ1) is 12.6. The second-order valence-electron chi connectivity index (χ2n) is 6.18. The minimum absolute atomic E-state index is 0.0142. The number of pyridine rings is 1. The molecule has 1 aromatic heterocycles. The molecule has 0 aliphatic carbocycles. The van der Waals surface area contributed by atoms with Crippen LogP contribution in [0.4, 0.5) is 24.7 Å². The van der Waals surface area contributed by atoms with Gasteiger partial charge >= 0.3 is 6.18 Å². The average Bonchev–Trinajstić information content (AvgIpc) is 2.93. The van der Waals surface area contributed by atoms with Crippen LogP contribution in [-0.4, -0.2) is 36.9 Å². The van der Waals surface area contributed by atoms with E-state index in [1.54, 1.807) is 0 Å². The van der Waals surface area contributed by atoms with Gasteiger partial charge < -0.3 is 10.6 Å². The summed E-state index contributed by atoms with van der Waals surface area (Å²) in [5, 5.41) is 5.35. The average molecular weight is 399 g/mol. The molecule has 1 fully saturated rings. The van der Waals surface area contributed by atoms with Gasteiger partial charge in [-0.15, -0.1) is 0 Å². The van der Waals surface area contributed by atoms with Gasteiger partial charge in [0.25, 0.3) is 5.91 Å². The summed E-state index contributed by atoms with van der Waals surface area (Å²) in [6.45, 7) is 0.